The van der Waals surface area contributed by atoms with Crippen LogP contribution in [0, 0.1) is 13.8 Å². The van der Waals surface area contributed by atoms with Gasteiger partial charge in [-0.2, -0.15) is 0 Å². The van der Waals surface area contributed by atoms with E-state index in [-0.39, 0.29) is 11.5 Å². The van der Waals surface area contributed by atoms with Crippen LogP contribution in [-0.2, 0) is 0 Å². The maximum atomic E-state index is 12.3. The first kappa shape index (κ1) is 16.2. The van der Waals surface area contributed by atoms with Crippen molar-refractivity contribution in [2.24, 2.45) is 0 Å². The lowest BCUT2D eigenvalue weighted by molar-refractivity contribution is 0.0698. The number of aromatic carboxylic acids is 1. The highest BCUT2D eigenvalue weighted by atomic mass is 79.9. The number of halogens is 2. The van der Waals surface area contributed by atoms with E-state index in [1.54, 1.807) is 19.1 Å². The summed E-state index contributed by atoms with van der Waals surface area (Å²) in [4.78, 5) is 23.7. The maximum Gasteiger partial charge on any atom is 0.337 e. The van der Waals surface area contributed by atoms with E-state index in [0.29, 0.717) is 20.6 Å². The Hall–Kier alpha value is -1.18. The van der Waals surface area contributed by atoms with Gasteiger partial charge in [-0.25, -0.2) is 4.79 Å². The van der Waals surface area contributed by atoms with E-state index >= 15 is 0 Å². The molecule has 1 amide bonds. The molecule has 0 aliphatic carbocycles. The number of aryl methyl sites for hydroxylation is 2. The number of thiophene rings is 1. The number of carboxylic acid groups (broad SMARTS) is 1. The lowest BCUT2D eigenvalue weighted by atomic mass is 10.0. The molecule has 110 valence electrons. The van der Waals surface area contributed by atoms with Crippen LogP contribution < -0.4 is 5.32 Å². The van der Waals surface area contributed by atoms with Gasteiger partial charge in [0.15, 0.2) is 0 Å². The third-order valence-electron chi connectivity index (χ3n) is 2.85. The molecule has 2 aromatic rings. The average molecular weight is 433 g/mol. The minimum Gasteiger partial charge on any atom is -0.478 e. The summed E-state index contributed by atoms with van der Waals surface area (Å²) < 4.78 is 1.51. The monoisotopic (exact) mass is 431 g/mol. The number of nitrogens with one attached hydrogen (secondary N) is 1. The number of amides is 1. The van der Waals surface area contributed by atoms with Gasteiger partial charge in [0.2, 0.25) is 0 Å². The Morgan fingerprint density at radius 1 is 1.14 bits per heavy atom. The second-order valence-corrected chi connectivity index (χ2v) is 8.25. The van der Waals surface area contributed by atoms with E-state index in [1.807, 2.05) is 13.0 Å². The fourth-order valence-corrected chi connectivity index (χ4v) is 4.77. The predicted molar refractivity (Wildman–Crippen MR) is 90.5 cm³/mol. The number of anilines is 1. The van der Waals surface area contributed by atoms with E-state index in [9.17, 15) is 14.7 Å². The van der Waals surface area contributed by atoms with Crippen molar-refractivity contribution in [1.29, 1.82) is 0 Å². The fourth-order valence-electron chi connectivity index (χ4n) is 1.98. The average Bonchev–Trinajstić information content (AvgIpc) is 2.71. The highest BCUT2D eigenvalue weighted by molar-refractivity contribution is 9.12. The summed E-state index contributed by atoms with van der Waals surface area (Å²) in [6.07, 6.45) is 0. The topological polar surface area (TPSA) is 66.4 Å². The zero-order chi connectivity index (χ0) is 15.7. The van der Waals surface area contributed by atoms with Gasteiger partial charge in [-0.05, 0) is 69.0 Å². The van der Waals surface area contributed by atoms with Crippen LogP contribution in [0.5, 0.6) is 0 Å². The Kier molecular flexibility index (Phi) is 4.85. The molecule has 7 heteroatoms. The third-order valence-corrected chi connectivity index (χ3v) is 5.19. The van der Waals surface area contributed by atoms with Crippen molar-refractivity contribution in [1.82, 2.24) is 0 Å². The molecule has 1 aromatic heterocycles. The molecule has 0 spiro atoms. The summed E-state index contributed by atoms with van der Waals surface area (Å²) in [7, 11) is 0. The zero-order valence-corrected chi connectivity index (χ0v) is 15.1. The first-order valence-electron chi connectivity index (χ1n) is 5.90. The normalized spacial score (nSPS) is 10.5. The number of benzene rings is 1. The predicted octanol–water partition coefficient (Wildman–Crippen LogP) is 4.84. The van der Waals surface area contributed by atoms with E-state index < -0.39 is 5.97 Å². The van der Waals surface area contributed by atoms with E-state index in [4.69, 9.17) is 0 Å². The first-order chi connectivity index (χ1) is 9.79. The summed E-state index contributed by atoms with van der Waals surface area (Å²) in [5, 5.41) is 12.0. The van der Waals surface area contributed by atoms with Gasteiger partial charge in [0.1, 0.15) is 0 Å². The zero-order valence-electron chi connectivity index (χ0n) is 11.2. The lowest BCUT2D eigenvalue weighted by Gasteiger charge is -2.12. The minimum absolute atomic E-state index is 0.0891. The van der Waals surface area contributed by atoms with Gasteiger partial charge in [0.05, 0.1) is 24.4 Å². The van der Waals surface area contributed by atoms with Crippen molar-refractivity contribution in [3.8, 4) is 0 Å². The summed E-state index contributed by atoms with van der Waals surface area (Å²) in [5.74, 6) is -1.42. The van der Waals surface area contributed by atoms with Crippen LogP contribution in [0.3, 0.4) is 0 Å². The number of carbonyl (C=O) groups is 2. The standard InChI is InChI=1S/C14H11Br2NO3S/c1-6-3-7(2)11(8(4-6)14(19)20)17-13(18)9-5-10(15)21-12(9)16/h3-5H,1-2H3,(H,17,18)(H,19,20). The van der Waals surface area contributed by atoms with Crippen LogP contribution in [0.25, 0.3) is 0 Å². The molecule has 0 radical (unpaired) electrons. The molecule has 0 atom stereocenters. The van der Waals surface area contributed by atoms with Gasteiger partial charge in [-0.15, -0.1) is 11.3 Å². The molecule has 0 saturated heterocycles. The fraction of sp³-hybridized carbons (Fsp3) is 0.143. The molecule has 0 saturated carbocycles. The molecule has 0 fully saturated rings. The molecule has 0 aliphatic heterocycles. The number of carbonyl (C=O) groups excluding carboxylic acids is 1. The highest BCUT2D eigenvalue weighted by Gasteiger charge is 2.19. The largest absolute Gasteiger partial charge is 0.478 e. The van der Waals surface area contributed by atoms with Crippen LogP contribution in [0.2, 0.25) is 0 Å². The van der Waals surface area contributed by atoms with Crippen molar-refractivity contribution in [2.75, 3.05) is 5.32 Å². The van der Waals surface area contributed by atoms with Crippen molar-refractivity contribution in [2.45, 2.75) is 13.8 Å². The summed E-state index contributed by atoms with van der Waals surface area (Å²) in [6, 6.07) is 5.07. The quantitative estimate of drug-likeness (QED) is 0.729. The van der Waals surface area contributed by atoms with E-state index in [1.165, 1.54) is 11.3 Å². The maximum absolute atomic E-state index is 12.3. The molecule has 2 rings (SSSR count). The molecule has 0 unspecified atom stereocenters. The first-order valence-corrected chi connectivity index (χ1v) is 8.30. The number of rotatable bonds is 3. The van der Waals surface area contributed by atoms with Crippen molar-refractivity contribution in [3.63, 3.8) is 0 Å². The summed E-state index contributed by atoms with van der Waals surface area (Å²) >= 11 is 8.01. The van der Waals surface area contributed by atoms with Gasteiger partial charge in [-0.1, -0.05) is 6.07 Å². The van der Waals surface area contributed by atoms with Gasteiger partial charge in [0, 0.05) is 0 Å². The van der Waals surface area contributed by atoms with Crippen molar-refractivity contribution < 1.29 is 14.7 Å². The van der Waals surface area contributed by atoms with Crippen LogP contribution in [0.4, 0.5) is 5.69 Å². The van der Waals surface area contributed by atoms with Crippen LogP contribution in [0.15, 0.2) is 25.8 Å². The number of carboxylic acids is 1. The van der Waals surface area contributed by atoms with Gasteiger partial charge < -0.3 is 10.4 Å². The molecule has 4 nitrogen and oxygen atoms in total. The Morgan fingerprint density at radius 3 is 2.33 bits per heavy atom. The second kappa shape index (κ2) is 6.29. The molecular formula is C14H11Br2NO3S. The molecule has 21 heavy (non-hydrogen) atoms. The second-order valence-electron chi connectivity index (χ2n) is 4.50. The SMILES string of the molecule is Cc1cc(C)c(NC(=O)c2cc(Br)sc2Br)c(C(=O)O)c1. The molecule has 0 bridgehead atoms. The summed E-state index contributed by atoms with van der Waals surface area (Å²) in [6.45, 7) is 3.59. The lowest BCUT2D eigenvalue weighted by Crippen LogP contribution is -2.16. The summed E-state index contributed by atoms with van der Waals surface area (Å²) in [5.41, 5.74) is 2.43. The Bertz CT molecular complexity index is 740. The van der Waals surface area contributed by atoms with Gasteiger partial charge in [-0.3, -0.25) is 4.79 Å². The Morgan fingerprint density at radius 2 is 1.81 bits per heavy atom. The van der Waals surface area contributed by atoms with Crippen molar-refractivity contribution >= 4 is 60.8 Å². The van der Waals surface area contributed by atoms with Gasteiger partial charge >= 0.3 is 5.97 Å². The van der Waals surface area contributed by atoms with E-state index in [0.717, 1.165) is 9.35 Å². The van der Waals surface area contributed by atoms with Crippen LogP contribution >= 0.6 is 43.2 Å². The van der Waals surface area contributed by atoms with E-state index in [2.05, 4.69) is 37.2 Å². The van der Waals surface area contributed by atoms with Crippen molar-refractivity contribution in [3.05, 3.63) is 48.0 Å². The molecular weight excluding hydrogens is 422 g/mol. The molecule has 1 aromatic carbocycles. The van der Waals surface area contributed by atoms with Crippen LogP contribution in [-0.4, -0.2) is 17.0 Å². The number of hydrogen-bond acceptors (Lipinski definition) is 3. The molecule has 0 aliphatic rings. The smallest absolute Gasteiger partial charge is 0.337 e. The van der Waals surface area contributed by atoms with Crippen LogP contribution in [0.1, 0.15) is 31.8 Å². The highest BCUT2D eigenvalue weighted by Crippen LogP contribution is 2.33. The van der Waals surface area contributed by atoms with Gasteiger partial charge in [0.25, 0.3) is 5.91 Å². The third kappa shape index (κ3) is 3.53. The Labute approximate surface area is 142 Å². The molecule has 2 N–H and O–H groups in total. The minimum atomic E-state index is -1.07. The number of hydrogen-bond donors (Lipinski definition) is 2. The Balaban J connectivity index is 2.42. The molecule has 1 heterocycles.